The molecule has 5 heteroatoms. The second kappa shape index (κ2) is 8.71. The number of imidazole rings is 1. The number of benzene rings is 3. The average molecular weight is 424 g/mol. The predicted octanol–water partition coefficient (Wildman–Crippen LogP) is 5.28. The van der Waals surface area contributed by atoms with Crippen LogP contribution in [0.3, 0.4) is 0 Å². The Kier molecular flexibility index (Phi) is 5.46. The summed E-state index contributed by atoms with van der Waals surface area (Å²) in [6, 6.07) is 26.1. The second-order valence-corrected chi connectivity index (χ2v) is 7.96. The minimum absolute atomic E-state index is 0.0185. The van der Waals surface area contributed by atoms with Crippen molar-refractivity contribution in [3.8, 4) is 5.75 Å². The van der Waals surface area contributed by atoms with Crippen molar-refractivity contribution in [2.45, 2.75) is 18.9 Å². The minimum Gasteiger partial charge on any atom is -0.495 e. The van der Waals surface area contributed by atoms with Gasteiger partial charge in [0.25, 0.3) is 0 Å². The Morgan fingerprint density at radius 2 is 1.75 bits per heavy atom. The number of fused-ring (bicyclic) bond motifs is 1. The van der Waals surface area contributed by atoms with Crippen LogP contribution < -0.4 is 9.64 Å². The van der Waals surface area contributed by atoms with Crippen molar-refractivity contribution in [3.63, 3.8) is 0 Å². The van der Waals surface area contributed by atoms with Crippen LogP contribution in [0.25, 0.3) is 17.1 Å². The van der Waals surface area contributed by atoms with Gasteiger partial charge in [-0.3, -0.25) is 4.79 Å². The number of carbonyl (C=O) groups is 1. The first kappa shape index (κ1) is 20.1. The molecule has 1 amide bonds. The first-order chi connectivity index (χ1) is 15.7. The Labute approximate surface area is 187 Å². The van der Waals surface area contributed by atoms with Crippen molar-refractivity contribution >= 4 is 28.7 Å². The monoisotopic (exact) mass is 423 g/mol. The van der Waals surface area contributed by atoms with E-state index in [9.17, 15) is 4.79 Å². The maximum absolute atomic E-state index is 13.0. The standard InChI is InChI=1S/C27H25N3O2/c1-32-25-16-8-7-15-24(25)30-19-21(18-26(30)31)27-28-22-13-5-6-14-23(22)29(27)17-9-12-20-10-3-2-4-11-20/h2-16,21H,17-19H2,1H3/b12-9+. The van der Waals surface area contributed by atoms with E-state index in [0.29, 0.717) is 25.3 Å². The summed E-state index contributed by atoms with van der Waals surface area (Å²) in [5.74, 6) is 1.78. The quantitative estimate of drug-likeness (QED) is 0.424. The number of hydrogen-bond donors (Lipinski definition) is 0. The largest absolute Gasteiger partial charge is 0.495 e. The molecule has 1 aliphatic heterocycles. The summed E-state index contributed by atoms with van der Waals surface area (Å²) in [6.45, 7) is 1.29. The van der Waals surface area contributed by atoms with E-state index in [-0.39, 0.29) is 11.8 Å². The van der Waals surface area contributed by atoms with E-state index >= 15 is 0 Å². The Balaban J connectivity index is 1.47. The molecule has 3 aromatic carbocycles. The number of allylic oxidation sites excluding steroid dienone is 1. The highest BCUT2D eigenvalue weighted by atomic mass is 16.5. The van der Waals surface area contributed by atoms with Crippen molar-refractivity contribution in [2.24, 2.45) is 0 Å². The van der Waals surface area contributed by atoms with Crippen molar-refractivity contribution in [1.29, 1.82) is 0 Å². The molecule has 0 N–H and O–H groups in total. The third kappa shape index (κ3) is 3.78. The lowest BCUT2D eigenvalue weighted by molar-refractivity contribution is -0.117. The molecular weight excluding hydrogens is 398 g/mol. The lowest BCUT2D eigenvalue weighted by atomic mass is 10.1. The predicted molar refractivity (Wildman–Crippen MR) is 128 cm³/mol. The zero-order valence-electron chi connectivity index (χ0n) is 18.0. The van der Waals surface area contributed by atoms with Gasteiger partial charge < -0.3 is 14.2 Å². The topological polar surface area (TPSA) is 47.4 Å². The summed E-state index contributed by atoms with van der Waals surface area (Å²) in [7, 11) is 1.63. The summed E-state index contributed by atoms with van der Waals surface area (Å²) in [6.07, 6.45) is 4.71. The lowest BCUT2D eigenvalue weighted by Crippen LogP contribution is -2.25. The molecule has 0 saturated carbocycles. The molecule has 0 bridgehead atoms. The van der Waals surface area contributed by atoms with Gasteiger partial charge in [0.1, 0.15) is 11.6 Å². The van der Waals surface area contributed by atoms with E-state index in [1.54, 1.807) is 7.11 Å². The molecule has 1 saturated heterocycles. The van der Waals surface area contributed by atoms with Gasteiger partial charge in [0, 0.05) is 25.4 Å². The molecule has 160 valence electrons. The highest BCUT2D eigenvalue weighted by Crippen LogP contribution is 2.37. The van der Waals surface area contributed by atoms with Crippen LogP contribution in [0.15, 0.2) is 84.9 Å². The average Bonchev–Trinajstić information content (AvgIpc) is 3.40. The summed E-state index contributed by atoms with van der Waals surface area (Å²) >= 11 is 0. The summed E-state index contributed by atoms with van der Waals surface area (Å²) in [5.41, 5.74) is 4.02. The maximum Gasteiger partial charge on any atom is 0.227 e. The first-order valence-electron chi connectivity index (χ1n) is 10.8. The van der Waals surface area contributed by atoms with Gasteiger partial charge in [0.15, 0.2) is 0 Å². The number of amides is 1. The van der Waals surface area contributed by atoms with Crippen LogP contribution >= 0.6 is 0 Å². The molecule has 1 aromatic heterocycles. The number of ether oxygens (including phenoxy) is 1. The molecule has 1 atom stereocenters. The zero-order valence-corrected chi connectivity index (χ0v) is 18.0. The normalized spacial score (nSPS) is 16.3. The van der Waals surface area contributed by atoms with Gasteiger partial charge in [-0.1, -0.05) is 66.7 Å². The lowest BCUT2D eigenvalue weighted by Gasteiger charge is -2.19. The Bertz CT molecular complexity index is 1280. The molecule has 1 fully saturated rings. The third-order valence-electron chi connectivity index (χ3n) is 5.95. The van der Waals surface area contributed by atoms with Crippen LogP contribution in [0, 0.1) is 0 Å². The van der Waals surface area contributed by atoms with E-state index in [1.165, 1.54) is 0 Å². The van der Waals surface area contributed by atoms with Gasteiger partial charge in [-0.2, -0.15) is 0 Å². The van der Waals surface area contributed by atoms with E-state index < -0.39 is 0 Å². The number of nitrogens with zero attached hydrogens (tertiary/aromatic N) is 3. The fourth-order valence-corrected chi connectivity index (χ4v) is 4.42. The molecule has 5 rings (SSSR count). The molecule has 5 nitrogen and oxygen atoms in total. The van der Waals surface area contributed by atoms with E-state index in [4.69, 9.17) is 9.72 Å². The smallest absolute Gasteiger partial charge is 0.227 e. The van der Waals surface area contributed by atoms with Crippen LogP contribution in [-0.2, 0) is 11.3 Å². The number of methoxy groups -OCH3 is 1. The number of anilines is 1. The highest BCUT2D eigenvalue weighted by molar-refractivity contribution is 5.97. The van der Waals surface area contributed by atoms with Gasteiger partial charge in [-0.25, -0.2) is 4.98 Å². The Morgan fingerprint density at radius 3 is 2.59 bits per heavy atom. The summed E-state index contributed by atoms with van der Waals surface area (Å²) in [4.78, 5) is 19.7. The molecule has 32 heavy (non-hydrogen) atoms. The van der Waals surface area contributed by atoms with E-state index in [2.05, 4.69) is 34.9 Å². The van der Waals surface area contributed by atoms with Crippen LogP contribution in [0.2, 0.25) is 0 Å². The van der Waals surface area contributed by atoms with Crippen LogP contribution in [0.1, 0.15) is 23.7 Å². The molecule has 0 radical (unpaired) electrons. The number of hydrogen-bond acceptors (Lipinski definition) is 3. The molecule has 4 aromatic rings. The van der Waals surface area contributed by atoms with Gasteiger partial charge in [-0.15, -0.1) is 0 Å². The Morgan fingerprint density at radius 1 is 1.00 bits per heavy atom. The van der Waals surface area contributed by atoms with Crippen molar-refractivity contribution in [2.75, 3.05) is 18.6 Å². The van der Waals surface area contributed by atoms with Crippen molar-refractivity contribution in [1.82, 2.24) is 9.55 Å². The molecule has 1 aliphatic rings. The summed E-state index contributed by atoms with van der Waals surface area (Å²) in [5, 5.41) is 0. The number of aromatic nitrogens is 2. The van der Waals surface area contributed by atoms with Crippen LogP contribution in [0.4, 0.5) is 5.69 Å². The minimum atomic E-state index is 0.0185. The van der Waals surface area contributed by atoms with E-state index in [0.717, 1.165) is 28.1 Å². The number of para-hydroxylation sites is 4. The summed E-state index contributed by atoms with van der Waals surface area (Å²) < 4.78 is 7.72. The fourth-order valence-electron chi connectivity index (χ4n) is 4.42. The van der Waals surface area contributed by atoms with Gasteiger partial charge in [0.2, 0.25) is 5.91 Å². The molecule has 0 spiro atoms. The van der Waals surface area contributed by atoms with Crippen LogP contribution in [0.5, 0.6) is 5.75 Å². The third-order valence-corrected chi connectivity index (χ3v) is 5.95. The SMILES string of the molecule is COc1ccccc1N1CC(c2nc3ccccc3n2C/C=C/c2ccccc2)CC1=O. The van der Waals surface area contributed by atoms with Gasteiger partial charge >= 0.3 is 0 Å². The van der Waals surface area contributed by atoms with Gasteiger partial charge in [0.05, 0.1) is 23.8 Å². The molecule has 1 unspecified atom stereocenters. The maximum atomic E-state index is 13.0. The zero-order chi connectivity index (χ0) is 21.9. The molecule has 0 aliphatic carbocycles. The number of rotatable bonds is 6. The van der Waals surface area contributed by atoms with Crippen molar-refractivity contribution in [3.05, 3.63) is 96.3 Å². The molecule has 2 heterocycles. The van der Waals surface area contributed by atoms with Crippen LogP contribution in [-0.4, -0.2) is 29.1 Å². The van der Waals surface area contributed by atoms with E-state index in [1.807, 2.05) is 65.6 Å². The Hall–Kier alpha value is -3.86. The van der Waals surface area contributed by atoms with Gasteiger partial charge in [-0.05, 0) is 29.8 Å². The first-order valence-corrected chi connectivity index (χ1v) is 10.8. The number of carbonyl (C=O) groups excluding carboxylic acids is 1. The second-order valence-electron chi connectivity index (χ2n) is 7.96. The fraction of sp³-hybridized carbons (Fsp3) is 0.185. The highest BCUT2D eigenvalue weighted by Gasteiger charge is 2.35. The molecular formula is C27H25N3O2. The van der Waals surface area contributed by atoms with Crippen molar-refractivity contribution < 1.29 is 9.53 Å².